The average Bonchev–Trinajstić information content (AvgIpc) is 3.59. The van der Waals surface area contributed by atoms with Gasteiger partial charge in [-0.3, -0.25) is 9.80 Å². The third kappa shape index (κ3) is 4.15. The molecule has 0 bridgehead atoms. The number of amides is 1. The highest BCUT2D eigenvalue weighted by molar-refractivity contribution is 5.92. The second-order valence-electron chi connectivity index (χ2n) is 11.0. The first-order valence-corrected chi connectivity index (χ1v) is 13.0. The van der Waals surface area contributed by atoms with Gasteiger partial charge in [0.25, 0.3) is 0 Å². The Morgan fingerprint density at radius 3 is 2.47 bits per heavy atom. The van der Waals surface area contributed by atoms with E-state index < -0.39 is 11.6 Å². The van der Waals surface area contributed by atoms with Crippen molar-refractivity contribution < 1.29 is 19.4 Å². The van der Waals surface area contributed by atoms with Gasteiger partial charge in [-0.15, -0.1) is 0 Å². The van der Waals surface area contributed by atoms with Crippen molar-refractivity contribution in [3.63, 3.8) is 0 Å². The van der Waals surface area contributed by atoms with Crippen molar-refractivity contribution in [2.45, 2.75) is 63.6 Å². The number of fused-ring (bicyclic) bond motifs is 1. The first kappa shape index (κ1) is 23.1. The number of likely N-dealkylation sites (tertiary alicyclic amines) is 1. The molecule has 1 aliphatic carbocycles. The SMILES string of the molecule is CC(C)n1cc(CN2CCC3(CC2)CN(c2ccc(C(=O)O)cc2)C(=O)O3)c2ccc(C3CC3)cc21. The monoisotopic (exact) mass is 487 g/mol. The van der Waals surface area contributed by atoms with Gasteiger partial charge in [0.1, 0.15) is 5.60 Å². The highest BCUT2D eigenvalue weighted by Crippen LogP contribution is 2.42. The van der Waals surface area contributed by atoms with E-state index in [9.17, 15) is 9.59 Å². The predicted octanol–water partition coefficient (Wildman–Crippen LogP) is 5.79. The topological polar surface area (TPSA) is 75.0 Å². The van der Waals surface area contributed by atoms with E-state index in [1.165, 1.54) is 47.0 Å². The van der Waals surface area contributed by atoms with Crippen LogP contribution in [0.4, 0.5) is 10.5 Å². The number of carboxylic acids is 1. The van der Waals surface area contributed by atoms with Crippen molar-refractivity contribution in [3.05, 3.63) is 65.4 Å². The molecule has 1 N–H and O–H groups in total. The number of piperidine rings is 1. The van der Waals surface area contributed by atoms with E-state index in [-0.39, 0.29) is 11.7 Å². The normalized spacial score (nSPS) is 20.0. The van der Waals surface area contributed by atoms with Crippen LogP contribution in [0.5, 0.6) is 0 Å². The van der Waals surface area contributed by atoms with Crippen molar-refractivity contribution in [2.75, 3.05) is 24.5 Å². The van der Waals surface area contributed by atoms with Gasteiger partial charge in [-0.2, -0.15) is 0 Å². The second kappa shape index (κ2) is 8.66. The van der Waals surface area contributed by atoms with Crippen LogP contribution in [-0.4, -0.2) is 51.9 Å². The number of aromatic carboxylic acids is 1. The first-order valence-electron chi connectivity index (χ1n) is 13.0. The number of anilines is 1. The van der Waals surface area contributed by atoms with Gasteiger partial charge in [0.05, 0.1) is 12.1 Å². The lowest BCUT2D eigenvalue weighted by Gasteiger charge is -2.37. The number of carbonyl (C=O) groups excluding carboxylic acids is 1. The molecule has 36 heavy (non-hydrogen) atoms. The minimum Gasteiger partial charge on any atom is -0.478 e. The van der Waals surface area contributed by atoms with Crippen LogP contribution >= 0.6 is 0 Å². The maximum atomic E-state index is 12.7. The minimum atomic E-state index is -0.978. The second-order valence-corrected chi connectivity index (χ2v) is 11.0. The van der Waals surface area contributed by atoms with Gasteiger partial charge in [0.15, 0.2) is 0 Å². The fourth-order valence-corrected chi connectivity index (χ4v) is 5.79. The van der Waals surface area contributed by atoms with E-state index in [0.717, 1.165) is 38.4 Å². The van der Waals surface area contributed by atoms with Gasteiger partial charge in [0, 0.05) is 61.3 Å². The molecule has 6 rings (SSSR count). The third-order valence-electron chi connectivity index (χ3n) is 8.10. The molecule has 3 aliphatic rings. The van der Waals surface area contributed by atoms with Crippen LogP contribution in [0.1, 0.15) is 73.0 Å². The molecule has 7 heteroatoms. The summed E-state index contributed by atoms with van der Waals surface area (Å²) in [5.74, 6) is -0.232. The molecule has 2 aromatic carbocycles. The van der Waals surface area contributed by atoms with Gasteiger partial charge in [0.2, 0.25) is 0 Å². The molecular weight excluding hydrogens is 454 g/mol. The smallest absolute Gasteiger partial charge is 0.415 e. The van der Waals surface area contributed by atoms with Crippen molar-refractivity contribution >= 4 is 28.7 Å². The lowest BCUT2D eigenvalue weighted by atomic mass is 9.91. The Kier molecular flexibility index (Phi) is 5.56. The number of carboxylic acid groups (broad SMARTS) is 1. The van der Waals surface area contributed by atoms with E-state index >= 15 is 0 Å². The van der Waals surface area contributed by atoms with E-state index in [0.29, 0.717) is 18.3 Å². The number of nitrogens with zero attached hydrogens (tertiary/aromatic N) is 3. The van der Waals surface area contributed by atoms with Crippen LogP contribution in [-0.2, 0) is 11.3 Å². The lowest BCUT2D eigenvalue weighted by Crippen LogP contribution is -2.46. The minimum absolute atomic E-state index is 0.205. The van der Waals surface area contributed by atoms with Crippen LogP contribution in [0.25, 0.3) is 10.9 Å². The third-order valence-corrected chi connectivity index (χ3v) is 8.10. The molecule has 7 nitrogen and oxygen atoms in total. The summed E-state index contributed by atoms with van der Waals surface area (Å²) in [7, 11) is 0. The molecule has 2 aliphatic heterocycles. The molecule has 3 heterocycles. The van der Waals surface area contributed by atoms with Crippen LogP contribution in [0.15, 0.2) is 48.7 Å². The molecule has 188 valence electrons. The number of carbonyl (C=O) groups is 2. The van der Waals surface area contributed by atoms with Gasteiger partial charge < -0.3 is 14.4 Å². The number of aromatic nitrogens is 1. The molecule has 0 atom stereocenters. The Morgan fingerprint density at radius 1 is 1.11 bits per heavy atom. The summed E-state index contributed by atoms with van der Waals surface area (Å²) in [6.07, 6.45) is 6.18. The molecule has 3 aromatic rings. The molecule has 3 fully saturated rings. The van der Waals surface area contributed by atoms with Crippen LogP contribution < -0.4 is 4.90 Å². The van der Waals surface area contributed by atoms with E-state index in [4.69, 9.17) is 9.84 Å². The average molecular weight is 488 g/mol. The fourth-order valence-electron chi connectivity index (χ4n) is 5.79. The van der Waals surface area contributed by atoms with Gasteiger partial charge >= 0.3 is 12.1 Å². The quantitative estimate of drug-likeness (QED) is 0.476. The van der Waals surface area contributed by atoms with E-state index in [1.54, 1.807) is 17.0 Å². The van der Waals surface area contributed by atoms with Crippen molar-refractivity contribution in [1.82, 2.24) is 9.47 Å². The largest absolute Gasteiger partial charge is 0.478 e. The maximum Gasteiger partial charge on any atom is 0.415 e. The summed E-state index contributed by atoms with van der Waals surface area (Å²) in [5.41, 5.74) is 4.57. The Bertz CT molecular complexity index is 1310. The molecule has 1 spiro atoms. The van der Waals surface area contributed by atoms with Crippen LogP contribution in [0.2, 0.25) is 0 Å². The highest BCUT2D eigenvalue weighted by Gasteiger charge is 2.47. The van der Waals surface area contributed by atoms with E-state index in [2.05, 4.69) is 47.7 Å². The Labute approximate surface area is 211 Å². The van der Waals surface area contributed by atoms with Crippen LogP contribution in [0, 0.1) is 0 Å². The zero-order valence-corrected chi connectivity index (χ0v) is 20.9. The van der Waals surface area contributed by atoms with Gasteiger partial charge in [-0.05, 0) is 74.1 Å². The number of rotatable bonds is 6. The first-order chi connectivity index (χ1) is 17.3. The molecule has 1 amide bonds. The summed E-state index contributed by atoms with van der Waals surface area (Å²) < 4.78 is 8.33. The Morgan fingerprint density at radius 2 is 1.83 bits per heavy atom. The summed E-state index contributed by atoms with van der Waals surface area (Å²) in [4.78, 5) is 27.9. The maximum absolute atomic E-state index is 12.7. The molecule has 0 radical (unpaired) electrons. The molecule has 1 saturated carbocycles. The predicted molar refractivity (Wildman–Crippen MR) is 139 cm³/mol. The summed E-state index contributed by atoms with van der Waals surface area (Å²) >= 11 is 0. The molecular formula is C29H33N3O4. The Balaban J connectivity index is 1.14. The van der Waals surface area contributed by atoms with Gasteiger partial charge in [-0.25, -0.2) is 9.59 Å². The Hall–Kier alpha value is -3.32. The summed E-state index contributed by atoms with van der Waals surface area (Å²) in [6.45, 7) is 7.62. The van der Waals surface area contributed by atoms with Crippen molar-refractivity contribution in [2.24, 2.45) is 0 Å². The molecule has 0 unspecified atom stereocenters. The van der Waals surface area contributed by atoms with Crippen molar-refractivity contribution in [1.29, 1.82) is 0 Å². The number of hydrogen-bond acceptors (Lipinski definition) is 4. The van der Waals surface area contributed by atoms with Crippen molar-refractivity contribution in [3.8, 4) is 0 Å². The zero-order valence-electron chi connectivity index (χ0n) is 20.9. The number of hydrogen-bond donors (Lipinski definition) is 1. The lowest BCUT2D eigenvalue weighted by molar-refractivity contribution is -0.000898. The molecule has 1 aromatic heterocycles. The number of ether oxygens (including phenoxy) is 1. The van der Waals surface area contributed by atoms with E-state index in [1.807, 2.05) is 0 Å². The number of benzene rings is 2. The summed E-state index contributed by atoms with van der Waals surface area (Å²) in [5, 5.41) is 10.5. The van der Waals surface area contributed by atoms with Crippen LogP contribution in [0.3, 0.4) is 0 Å². The zero-order chi connectivity index (χ0) is 25.0. The summed E-state index contributed by atoms with van der Waals surface area (Å²) in [6, 6.07) is 13.9. The van der Waals surface area contributed by atoms with Gasteiger partial charge in [-0.1, -0.05) is 12.1 Å². The standard InChI is InChI=1S/C29H33N3O4/c1-19(2)31-17-23(25-10-7-22(15-26(25)31)20-3-4-20)16-30-13-11-29(12-14-30)18-32(28(35)36-29)24-8-5-21(6-9-24)27(33)34/h5-10,15,17,19-20H,3-4,11-14,16,18H2,1-2H3,(H,33,34). The molecule has 2 saturated heterocycles. The fraction of sp³-hybridized carbons (Fsp3) is 0.448. The highest BCUT2D eigenvalue weighted by atomic mass is 16.6.